The second-order valence-corrected chi connectivity index (χ2v) is 4.39. The molecular formula is C15H12FN3O. The van der Waals surface area contributed by atoms with E-state index < -0.39 is 5.82 Å². The fourth-order valence-corrected chi connectivity index (χ4v) is 1.99. The number of aromatic amines is 1. The van der Waals surface area contributed by atoms with Gasteiger partial charge in [-0.05, 0) is 30.3 Å². The highest BCUT2D eigenvalue weighted by atomic mass is 19.1. The van der Waals surface area contributed by atoms with Gasteiger partial charge in [0, 0.05) is 5.56 Å². The van der Waals surface area contributed by atoms with E-state index in [1.165, 1.54) is 18.2 Å². The molecule has 0 spiro atoms. The number of hydrogen-bond donors (Lipinski definition) is 2. The largest absolute Gasteiger partial charge is 0.345 e. The Hall–Kier alpha value is -2.69. The summed E-state index contributed by atoms with van der Waals surface area (Å²) in [6.07, 6.45) is 0. The van der Waals surface area contributed by atoms with Gasteiger partial charge in [-0.15, -0.1) is 0 Å². The fourth-order valence-electron chi connectivity index (χ4n) is 1.99. The molecule has 2 N–H and O–H groups in total. The summed E-state index contributed by atoms with van der Waals surface area (Å²) in [4.78, 5) is 19.3. The monoisotopic (exact) mass is 269 g/mol. The molecule has 20 heavy (non-hydrogen) atoms. The molecule has 1 heterocycles. The van der Waals surface area contributed by atoms with Crippen molar-refractivity contribution in [3.05, 3.63) is 65.7 Å². The number of halogens is 1. The Morgan fingerprint density at radius 1 is 1.20 bits per heavy atom. The number of carbonyl (C=O) groups is 1. The van der Waals surface area contributed by atoms with Gasteiger partial charge >= 0.3 is 0 Å². The number of rotatable bonds is 3. The second kappa shape index (κ2) is 5.13. The van der Waals surface area contributed by atoms with Crippen molar-refractivity contribution in [3.8, 4) is 0 Å². The predicted octanol–water partition coefficient (Wildman–Crippen LogP) is 2.63. The number of hydrogen-bond acceptors (Lipinski definition) is 2. The molecule has 0 aliphatic heterocycles. The Morgan fingerprint density at radius 2 is 2.05 bits per heavy atom. The molecule has 1 aromatic heterocycles. The number of nitrogens with one attached hydrogen (secondary N) is 2. The van der Waals surface area contributed by atoms with Crippen LogP contribution in [0.1, 0.15) is 16.2 Å². The fraction of sp³-hybridized carbons (Fsp3) is 0.0667. The minimum atomic E-state index is -0.429. The Bertz CT molecular complexity index is 733. The van der Waals surface area contributed by atoms with Crippen molar-refractivity contribution in [2.24, 2.45) is 0 Å². The summed E-state index contributed by atoms with van der Waals surface area (Å²) in [5.41, 5.74) is 2.06. The van der Waals surface area contributed by atoms with E-state index in [0.29, 0.717) is 11.4 Å². The summed E-state index contributed by atoms with van der Waals surface area (Å²) < 4.78 is 13.0. The predicted molar refractivity (Wildman–Crippen MR) is 73.7 cm³/mol. The number of amides is 1. The van der Waals surface area contributed by atoms with E-state index in [4.69, 9.17) is 0 Å². The van der Waals surface area contributed by atoms with Gasteiger partial charge in [0.25, 0.3) is 5.91 Å². The lowest BCUT2D eigenvalue weighted by molar-refractivity contribution is 0.0949. The number of H-pyrrole nitrogens is 1. The number of imidazole rings is 1. The number of aromatic nitrogens is 2. The highest BCUT2D eigenvalue weighted by Crippen LogP contribution is 2.10. The van der Waals surface area contributed by atoms with E-state index in [0.717, 1.165) is 11.0 Å². The van der Waals surface area contributed by atoms with Gasteiger partial charge < -0.3 is 10.3 Å². The molecule has 0 saturated heterocycles. The molecule has 2 aromatic carbocycles. The van der Waals surface area contributed by atoms with Crippen LogP contribution in [0.5, 0.6) is 0 Å². The number of nitrogens with zero attached hydrogens (tertiary/aromatic N) is 1. The van der Waals surface area contributed by atoms with Gasteiger partial charge in [-0.2, -0.15) is 0 Å². The van der Waals surface area contributed by atoms with E-state index in [9.17, 15) is 9.18 Å². The first-order valence-corrected chi connectivity index (χ1v) is 6.20. The van der Waals surface area contributed by atoms with Crippen LogP contribution < -0.4 is 5.32 Å². The highest BCUT2D eigenvalue weighted by Gasteiger charge is 2.07. The zero-order valence-corrected chi connectivity index (χ0v) is 10.6. The van der Waals surface area contributed by atoms with E-state index >= 15 is 0 Å². The maximum Gasteiger partial charge on any atom is 0.251 e. The summed E-state index contributed by atoms with van der Waals surface area (Å²) in [7, 11) is 0. The number of fused-ring (bicyclic) bond motifs is 1. The van der Waals surface area contributed by atoms with Crippen LogP contribution in [-0.4, -0.2) is 15.9 Å². The van der Waals surface area contributed by atoms with Crippen molar-refractivity contribution in [2.45, 2.75) is 6.54 Å². The number of benzene rings is 2. The highest BCUT2D eigenvalue weighted by molar-refractivity contribution is 5.94. The van der Waals surface area contributed by atoms with Crippen LogP contribution in [0.25, 0.3) is 11.0 Å². The van der Waals surface area contributed by atoms with E-state index in [1.54, 1.807) is 6.07 Å². The Labute approximate surface area is 114 Å². The molecule has 0 aliphatic carbocycles. The van der Waals surface area contributed by atoms with Crippen molar-refractivity contribution >= 4 is 16.9 Å². The first kappa shape index (κ1) is 12.3. The SMILES string of the molecule is O=C(NCc1nc2ccccc2[nH]1)c1cccc(F)c1. The minimum absolute atomic E-state index is 0.268. The van der Waals surface area contributed by atoms with Crippen molar-refractivity contribution in [3.63, 3.8) is 0 Å². The Balaban J connectivity index is 1.71. The molecule has 5 heteroatoms. The van der Waals surface area contributed by atoms with Crippen LogP contribution in [-0.2, 0) is 6.54 Å². The average molecular weight is 269 g/mol. The molecule has 0 atom stereocenters. The molecule has 0 bridgehead atoms. The molecule has 3 aromatic rings. The smallest absolute Gasteiger partial charge is 0.251 e. The number of para-hydroxylation sites is 2. The van der Waals surface area contributed by atoms with E-state index in [-0.39, 0.29) is 12.5 Å². The van der Waals surface area contributed by atoms with Crippen LogP contribution in [0.4, 0.5) is 4.39 Å². The maximum atomic E-state index is 13.0. The quantitative estimate of drug-likeness (QED) is 0.768. The van der Waals surface area contributed by atoms with E-state index in [2.05, 4.69) is 15.3 Å². The van der Waals surface area contributed by atoms with Crippen LogP contribution >= 0.6 is 0 Å². The summed E-state index contributed by atoms with van der Waals surface area (Å²) in [6, 6.07) is 13.2. The lowest BCUT2D eigenvalue weighted by atomic mass is 10.2. The molecule has 0 fully saturated rings. The van der Waals surface area contributed by atoms with Gasteiger partial charge in [-0.3, -0.25) is 4.79 Å². The first-order valence-electron chi connectivity index (χ1n) is 6.20. The zero-order valence-electron chi connectivity index (χ0n) is 10.6. The Morgan fingerprint density at radius 3 is 2.85 bits per heavy atom. The molecule has 100 valence electrons. The van der Waals surface area contributed by atoms with Crippen LogP contribution in [0.2, 0.25) is 0 Å². The molecule has 0 radical (unpaired) electrons. The molecule has 0 saturated carbocycles. The van der Waals surface area contributed by atoms with Crippen LogP contribution in [0.15, 0.2) is 48.5 Å². The van der Waals surface area contributed by atoms with Crippen LogP contribution in [0.3, 0.4) is 0 Å². The van der Waals surface area contributed by atoms with Gasteiger partial charge in [0.1, 0.15) is 11.6 Å². The van der Waals surface area contributed by atoms with Gasteiger partial charge in [0.2, 0.25) is 0 Å². The third kappa shape index (κ3) is 2.51. The van der Waals surface area contributed by atoms with Gasteiger partial charge in [-0.1, -0.05) is 18.2 Å². The minimum Gasteiger partial charge on any atom is -0.345 e. The molecular weight excluding hydrogens is 257 g/mol. The topological polar surface area (TPSA) is 57.8 Å². The summed E-state index contributed by atoms with van der Waals surface area (Å²) >= 11 is 0. The maximum absolute atomic E-state index is 13.0. The third-order valence-corrected chi connectivity index (χ3v) is 2.94. The standard InChI is InChI=1S/C15H12FN3O/c16-11-5-3-4-10(8-11)15(20)17-9-14-18-12-6-1-2-7-13(12)19-14/h1-8H,9H2,(H,17,20)(H,18,19). The van der Waals surface area contributed by atoms with Crippen molar-refractivity contribution in [1.82, 2.24) is 15.3 Å². The van der Waals surface area contributed by atoms with Crippen LogP contribution in [0, 0.1) is 5.82 Å². The van der Waals surface area contributed by atoms with Gasteiger partial charge in [0.05, 0.1) is 17.6 Å². The summed E-state index contributed by atoms with van der Waals surface area (Å²) in [5.74, 6) is -0.0951. The molecule has 3 rings (SSSR count). The molecule has 1 amide bonds. The normalized spacial score (nSPS) is 10.7. The lowest BCUT2D eigenvalue weighted by Crippen LogP contribution is -2.23. The average Bonchev–Trinajstić information content (AvgIpc) is 2.87. The van der Waals surface area contributed by atoms with Gasteiger partial charge in [0.15, 0.2) is 0 Å². The zero-order chi connectivity index (χ0) is 13.9. The molecule has 4 nitrogen and oxygen atoms in total. The summed E-state index contributed by atoms with van der Waals surface area (Å²) in [6.45, 7) is 0.268. The van der Waals surface area contributed by atoms with Gasteiger partial charge in [-0.25, -0.2) is 9.37 Å². The molecule has 0 unspecified atom stereocenters. The third-order valence-electron chi connectivity index (χ3n) is 2.94. The lowest BCUT2D eigenvalue weighted by Gasteiger charge is -2.03. The number of carbonyl (C=O) groups excluding carboxylic acids is 1. The Kier molecular flexibility index (Phi) is 3.16. The van der Waals surface area contributed by atoms with Crippen molar-refractivity contribution in [2.75, 3.05) is 0 Å². The van der Waals surface area contributed by atoms with E-state index in [1.807, 2.05) is 24.3 Å². The second-order valence-electron chi connectivity index (χ2n) is 4.39. The summed E-state index contributed by atoms with van der Waals surface area (Å²) in [5, 5.41) is 2.70. The molecule has 0 aliphatic rings. The van der Waals surface area contributed by atoms with Crippen molar-refractivity contribution < 1.29 is 9.18 Å². The van der Waals surface area contributed by atoms with Crippen molar-refractivity contribution in [1.29, 1.82) is 0 Å². The first-order chi connectivity index (χ1) is 9.72.